The number of hydrogen-bond donors (Lipinski definition) is 1. The van der Waals surface area contributed by atoms with Crippen molar-refractivity contribution in [1.29, 1.82) is 0 Å². The van der Waals surface area contributed by atoms with Crippen molar-refractivity contribution in [2.75, 3.05) is 38.6 Å². The topological polar surface area (TPSA) is 67.6 Å². The molecule has 1 aromatic carbocycles. The van der Waals surface area contributed by atoms with Crippen LogP contribution in [0.2, 0.25) is 0 Å². The fraction of sp³-hybridized carbons (Fsp3) is 0.600. The van der Waals surface area contributed by atoms with Gasteiger partial charge in [0.2, 0.25) is 0 Å². The van der Waals surface area contributed by atoms with Gasteiger partial charge in [0.1, 0.15) is 0 Å². The van der Waals surface area contributed by atoms with Crippen LogP contribution < -0.4 is 10.1 Å². The molecule has 1 N–H and O–H groups in total. The lowest BCUT2D eigenvalue weighted by Gasteiger charge is -2.30. The van der Waals surface area contributed by atoms with Crippen LogP contribution in [0.5, 0.6) is 5.75 Å². The molecule has 0 aromatic heterocycles. The number of likely N-dealkylation sites (tertiary alicyclic amines) is 1. The van der Waals surface area contributed by atoms with Crippen molar-refractivity contribution in [3.8, 4) is 5.75 Å². The summed E-state index contributed by atoms with van der Waals surface area (Å²) >= 11 is 0. The molecular formula is C15H23N3O3. The number of nitro benzene ring substituents is 1. The largest absolute Gasteiger partial charge is 0.487 e. The first-order chi connectivity index (χ1) is 10.1. The summed E-state index contributed by atoms with van der Waals surface area (Å²) in [5.41, 5.74) is 0.886. The van der Waals surface area contributed by atoms with E-state index in [1.807, 2.05) is 6.92 Å². The average molecular weight is 293 g/mol. The molecule has 0 saturated carbocycles. The van der Waals surface area contributed by atoms with Crippen LogP contribution in [0.15, 0.2) is 18.2 Å². The molecule has 2 rings (SSSR count). The van der Waals surface area contributed by atoms with E-state index in [0.29, 0.717) is 18.3 Å². The zero-order valence-electron chi connectivity index (χ0n) is 12.7. The third-order valence-electron chi connectivity index (χ3n) is 3.77. The van der Waals surface area contributed by atoms with Gasteiger partial charge in [-0.15, -0.1) is 0 Å². The summed E-state index contributed by atoms with van der Waals surface area (Å²) in [5, 5.41) is 14.3. The van der Waals surface area contributed by atoms with Crippen LogP contribution in [0.3, 0.4) is 0 Å². The highest BCUT2D eigenvalue weighted by molar-refractivity contribution is 5.58. The maximum atomic E-state index is 10.9. The number of benzene rings is 1. The van der Waals surface area contributed by atoms with Gasteiger partial charge in [0, 0.05) is 30.9 Å². The molecule has 0 radical (unpaired) electrons. The van der Waals surface area contributed by atoms with Gasteiger partial charge in [-0.1, -0.05) is 0 Å². The molecule has 1 unspecified atom stereocenters. The van der Waals surface area contributed by atoms with Crippen LogP contribution in [-0.2, 0) is 0 Å². The van der Waals surface area contributed by atoms with Gasteiger partial charge in [-0.05, 0) is 45.3 Å². The van der Waals surface area contributed by atoms with Gasteiger partial charge in [0.15, 0.2) is 5.75 Å². The lowest BCUT2D eigenvalue weighted by molar-refractivity contribution is -0.385. The summed E-state index contributed by atoms with van der Waals surface area (Å²) in [5.74, 6) is 0.947. The first-order valence-corrected chi connectivity index (χ1v) is 7.43. The number of nitrogens with zero attached hydrogens (tertiary/aromatic N) is 2. The minimum atomic E-state index is -0.412. The van der Waals surface area contributed by atoms with Crippen molar-refractivity contribution in [2.24, 2.45) is 5.92 Å². The molecule has 0 amide bonds. The van der Waals surface area contributed by atoms with Gasteiger partial charge in [0.25, 0.3) is 0 Å². The van der Waals surface area contributed by atoms with Gasteiger partial charge < -0.3 is 15.0 Å². The van der Waals surface area contributed by atoms with E-state index in [1.165, 1.54) is 25.5 Å². The second kappa shape index (κ2) is 7.26. The average Bonchev–Trinajstić information content (AvgIpc) is 2.45. The highest BCUT2D eigenvalue weighted by atomic mass is 16.6. The quantitative estimate of drug-likeness (QED) is 0.645. The summed E-state index contributed by atoms with van der Waals surface area (Å²) in [6.45, 7) is 5.38. The van der Waals surface area contributed by atoms with E-state index >= 15 is 0 Å². The molecule has 1 saturated heterocycles. The van der Waals surface area contributed by atoms with Gasteiger partial charge in [-0.25, -0.2) is 0 Å². The Balaban J connectivity index is 1.99. The fourth-order valence-corrected chi connectivity index (χ4v) is 2.75. The number of rotatable bonds is 6. The zero-order valence-corrected chi connectivity index (χ0v) is 12.7. The third-order valence-corrected chi connectivity index (χ3v) is 3.77. The zero-order chi connectivity index (χ0) is 15.2. The van der Waals surface area contributed by atoms with Gasteiger partial charge in [-0.2, -0.15) is 0 Å². The molecule has 21 heavy (non-hydrogen) atoms. The first-order valence-electron chi connectivity index (χ1n) is 7.43. The molecule has 116 valence electrons. The molecule has 6 heteroatoms. The Bertz CT molecular complexity index is 493. The minimum Gasteiger partial charge on any atom is -0.487 e. The van der Waals surface area contributed by atoms with E-state index in [2.05, 4.69) is 17.3 Å². The molecule has 1 aliphatic heterocycles. The highest BCUT2D eigenvalue weighted by Crippen LogP contribution is 2.30. The van der Waals surface area contributed by atoms with E-state index in [-0.39, 0.29) is 5.69 Å². The van der Waals surface area contributed by atoms with E-state index in [1.54, 1.807) is 12.1 Å². The van der Waals surface area contributed by atoms with Crippen molar-refractivity contribution in [3.05, 3.63) is 28.3 Å². The van der Waals surface area contributed by atoms with E-state index in [4.69, 9.17) is 4.74 Å². The van der Waals surface area contributed by atoms with Crippen LogP contribution in [0.4, 0.5) is 11.4 Å². The Morgan fingerprint density at radius 1 is 1.52 bits per heavy atom. The molecule has 1 aromatic rings. The van der Waals surface area contributed by atoms with Gasteiger partial charge in [-0.3, -0.25) is 10.1 Å². The van der Waals surface area contributed by atoms with Crippen molar-refractivity contribution in [2.45, 2.75) is 19.8 Å². The van der Waals surface area contributed by atoms with E-state index in [0.717, 1.165) is 18.8 Å². The number of ether oxygens (including phenoxy) is 1. The monoisotopic (exact) mass is 293 g/mol. The maximum absolute atomic E-state index is 10.9. The molecule has 0 spiro atoms. The Morgan fingerprint density at radius 3 is 3.00 bits per heavy atom. The van der Waals surface area contributed by atoms with Crippen molar-refractivity contribution >= 4 is 11.4 Å². The van der Waals surface area contributed by atoms with Crippen molar-refractivity contribution in [1.82, 2.24) is 4.90 Å². The lowest BCUT2D eigenvalue weighted by Crippen LogP contribution is -2.35. The van der Waals surface area contributed by atoms with Crippen LogP contribution in [0.1, 0.15) is 19.8 Å². The van der Waals surface area contributed by atoms with E-state index in [9.17, 15) is 10.1 Å². The normalized spacial score (nSPS) is 19.2. The molecule has 1 fully saturated rings. The van der Waals surface area contributed by atoms with E-state index < -0.39 is 4.92 Å². The summed E-state index contributed by atoms with van der Waals surface area (Å²) in [6.07, 6.45) is 2.45. The standard InChI is InChI=1S/C15H23N3O3/c1-3-21-15-9-13(6-7-14(15)18(19)20)16-10-12-5-4-8-17(2)11-12/h6-7,9,12,16H,3-5,8,10-11H2,1-2H3. The van der Waals surface area contributed by atoms with Crippen LogP contribution in [0.25, 0.3) is 0 Å². The highest BCUT2D eigenvalue weighted by Gasteiger charge is 2.18. The van der Waals surface area contributed by atoms with Gasteiger partial charge >= 0.3 is 5.69 Å². The summed E-state index contributed by atoms with van der Waals surface area (Å²) < 4.78 is 5.36. The lowest BCUT2D eigenvalue weighted by atomic mass is 9.98. The van der Waals surface area contributed by atoms with Gasteiger partial charge in [0.05, 0.1) is 11.5 Å². The third kappa shape index (κ3) is 4.32. The van der Waals surface area contributed by atoms with Crippen LogP contribution >= 0.6 is 0 Å². The summed E-state index contributed by atoms with van der Waals surface area (Å²) in [4.78, 5) is 12.9. The number of nitro groups is 1. The second-order valence-electron chi connectivity index (χ2n) is 5.52. The molecule has 6 nitrogen and oxygen atoms in total. The van der Waals surface area contributed by atoms with Crippen LogP contribution in [0, 0.1) is 16.0 Å². The predicted molar refractivity (Wildman–Crippen MR) is 83.0 cm³/mol. The Labute approximate surface area is 125 Å². The Hall–Kier alpha value is -1.82. The molecule has 0 aliphatic carbocycles. The first kappa shape index (κ1) is 15.6. The molecule has 1 aliphatic rings. The number of hydrogen-bond acceptors (Lipinski definition) is 5. The number of anilines is 1. The van der Waals surface area contributed by atoms with Crippen molar-refractivity contribution < 1.29 is 9.66 Å². The number of nitrogens with one attached hydrogen (secondary N) is 1. The second-order valence-corrected chi connectivity index (χ2v) is 5.52. The maximum Gasteiger partial charge on any atom is 0.311 e. The van der Waals surface area contributed by atoms with Crippen molar-refractivity contribution in [3.63, 3.8) is 0 Å². The minimum absolute atomic E-state index is 0.0137. The molecular weight excluding hydrogens is 270 g/mol. The smallest absolute Gasteiger partial charge is 0.311 e. The number of piperidine rings is 1. The molecule has 1 atom stereocenters. The van der Waals surface area contributed by atoms with Crippen LogP contribution in [-0.4, -0.2) is 43.1 Å². The SMILES string of the molecule is CCOc1cc(NCC2CCCN(C)C2)ccc1[N+](=O)[O-]. The molecule has 1 heterocycles. The fourth-order valence-electron chi connectivity index (χ4n) is 2.75. The summed E-state index contributed by atoms with van der Waals surface area (Å²) in [7, 11) is 2.14. The molecule has 0 bridgehead atoms. The Kier molecular flexibility index (Phi) is 5.38. The summed E-state index contributed by atoms with van der Waals surface area (Å²) in [6, 6.07) is 4.96. The predicted octanol–water partition coefficient (Wildman–Crippen LogP) is 2.75. The Morgan fingerprint density at radius 2 is 2.33 bits per heavy atom.